The molecule has 10 nitrogen and oxygen atoms in total. The van der Waals surface area contributed by atoms with E-state index in [1.807, 2.05) is 78.9 Å². The van der Waals surface area contributed by atoms with Crippen molar-refractivity contribution in [3.05, 3.63) is 136 Å². The molecule has 226 valence electrons. The molecule has 4 atom stereocenters. The molecule has 2 N–H and O–H groups in total. The van der Waals surface area contributed by atoms with Gasteiger partial charge in [0.25, 0.3) is 5.69 Å². The second-order valence-corrected chi connectivity index (χ2v) is 10.6. The van der Waals surface area contributed by atoms with Crippen molar-refractivity contribution in [1.82, 2.24) is 4.57 Å². The Labute approximate surface area is 253 Å². The van der Waals surface area contributed by atoms with Gasteiger partial charge in [-0.3, -0.25) is 10.1 Å². The van der Waals surface area contributed by atoms with Gasteiger partial charge < -0.3 is 33.7 Å². The molecule has 0 saturated carbocycles. The molecule has 1 aromatic heterocycles. The Morgan fingerprint density at radius 2 is 1.41 bits per heavy atom. The van der Waals surface area contributed by atoms with Gasteiger partial charge in [-0.2, -0.15) is 0 Å². The number of nitro benzene ring substituents is 1. The fraction of sp³-hybridized carbons (Fsp3) is 0.235. The first-order valence-corrected chi connectivity index (χ1v) is 14.1. The molecule has 5 aromatic rings. The maximum absolute atomic E-state index is 11.2. The summed E-state index contributed by atoms with van der Waals surface area (Å²) in [6.07, 6.45) is -2.70. The van der Waals surface area contributed by atoms with Crippen LogP contribution in [0.2, 0.25) is 0 Å². The second kappa shape index (κ2) is 12.1. The van der Waals surface area contributed by atoms with E-state index in [1.165, 1.54) is 12.1 Å². The zero-order valence-corrected chi connectivity index (χ0v) is 24.1. The van der Waals surface area contributed by atoms with Crippen LogP contribution < -0.4 is 9.47 Å². The summed E-state index contributed by atoms with van der Waals surface area (Å²) in [7, 11) is 3.21. The molecule has 2 heterocycles. The van der Waals surface area contributed by atoms with E-state index in [4.69, 9.17) is 18.9 Å². The number of aromatic nitrogens is 1. The van der Waals surface area contributed by atoms with E-state index in [9.17, 15) is 20.3 Å². The highest BCUT2D eigenvalue weighted by Gasteiger charge is 2.46. The number of rotatable bonds is 10. The average molecular weight is 597 g/mol. The molecule has 4 aromatic carbocycles. The molecule has 10 heteroatoms. The van der Waals surface area contributed by atoms with Crippen molar-refractivity contribution in [2.24, 2.45) is 0 Å². The molecule has 1 aliphatic rings. The van der Waals surface area contributed by atoms with E-state index in [-0.39, 0.29) is 12.3 Å². The first kappa shape index (κ1) is 29.3. The number of aliphatic hydroxyl groups excluding tert-OH is 2. The maximum Gasteiger partial charge on any atom is 0.270 e. The largest absolute Gasteiger partial charge is 0.497 e. The summed E-state index contributed by atoms with van der Waals surface area (Å²) in [5.74, 6) is 1.38. The first-order valence-electron chi connectivity index (χ1n) is 14.1. The molecule has 0 amide bonds. The van der Waals surface area contributed by atoms with E-state index in [0.29, 0.717) is 22.4 Å². The molecule has 44 heavy (non-hydrogen) atoms. The monoisotopic (exact) mass is 596 g/mol. The van der Waals surface area contributed by atoms with Crippen molar-refractivity contribution in [2.45, 2.75) is 30.1 Å². The third-order valence-corrected chi connectivity index (χ3v) is 8.16. The van der Waals surface area contributed by atoms with Gasteiger partial charge >= 0.3 is 0 Å². The molecule has 0 radical (unpaired) electrons. The third-order valence-electron chi connectivity index (χ3n) is 8.16. The first-order chi connectivity index (χ1) is 21.3. The lowest BCUT2D eigenvalue weighted by molar-refractivity contribution is -0.384. The summed E-state index contributed by atoms with van der Waals surface area (Å²) in [6, 6.07) is 31.1. The number of fused-ring (bicyclic) bond motifs is 1. The molecule has 0 aliphatic carbocycles. The van der Waals surface area contributed by atoms with E-state index in [2.05, 4.69) is 0 Å². The third kappa shape index (κ3) is 5.18. The predicted octanol–water partition coefficient (Wildman–Crippen LogP) is 5.19. The molecular formula is C34H32N2O8. The summed E-state index contributed by atoms with van der Waals surface area (Å²) in [5, 5.41) is 34.1. The summed E-state index contributed by atoms with van der Waals surface area (Å²) in [4.78, 5) is 10.8. The normalized spacial score (nSPS) is 20.1. The van der Waals surface area contributed by atoms with Crippen LogP contribution in [0, 0.1) is 10.1 Å². The Bertz CT molecular complexity index is 1690. The smallest absolute Gasteiger partial charge is 0.270 e. The highest BCUT2D eigenvalue weighted by Crippen LogP contribution is 2.43. The van der Waals surface area contributed by atoms with Crippen LogP contribution >= 0.6 is 0 Å². The summed E-state index contributed by atoms with van der Waals surface area (Å²) < 4.78 is 25.6. The van der Waals surface area contributed by atoms with Crippen LogP contribution in [0.1, 0.15) is 22.9 Å². The number of hydrogen-bond acceptors (Lipinski definition) is 8. The molecule has 1 fully saturated rings. The molecule has 0 bridgehead atoms. The standard InChI is InChI=1S/C34H32N2O8/c1-41-27-13-8-24(9-14-27)34(23-6-4-3-5-7-23,25-10-15-28(42-2)16-11-25)43-21-30-31(37)32(38)33(44-30)35-19-18-22-20-26(36(39)40)12-17-29(22)35/h3-20,30-33,37-38H,21H2,1-2H3/t30-,31?,32+,33+/m1/s1. The Morgan fingerprint density at radius 1 is 0.818 bits per heavy atom. The quantitative estimate of drug-likeness (QED) is 0.128. The summed E-state index contributed by atoms with van der Waals surface area (Å²) >= 11 is 0. The van der Waals surface area contributed by atoms with Gasteiger partial charge in [0.15, 0.2) is 6.23 Å². The van der Waals surface area contributed by atoms with E-state index in [0.717, 1.165) is 16.7 Å². The number of non-ortho nitro benzene ring substituents is 1. The topological polar surface area (TPSA) is 125 Å². The minimum atomic E-state index is -1.28. The van der Waals surface area contributed by atoms with Crippen LogP contribution in [-0.4, -0.2) is 58.8 Å². The van der Waals surface area contributed by atoms with Gasteiger partial charge in [-0.15, -0.1) is 0 Å². The molecule has 6 rings (SSSR count). The number of nitrogens with zero attached hydrogens (tertiary/aromatic N) is 2. The van der Waals surface area contributed by atoms with Crippen LogP contribution in [0.25, 0.3) is 10.9 Å². The zero-order chi connectivity index (χ0) is 30.8. The van der Waals surface area contributed by atoms with Gasteiger partial charge in [-0.1, -0.05) is 54.6 Å². The minimum absolute atomic E-state index is 0.0382. The van der Waals surface area contributed by atoms with E-state index < -0.39 is 35.1 Å². The fourth-order valence-corrected chi connectivity index (χ4v) is 5.87. The van der Waals surface area contributed by atoms with Crippen molar-refractivity contribution in [2.75, 3.05) is 20.8 Å². The summed E-state index contributed by atoms with van der Waals surface area (Å²) in [6.45, 7) is -0.0770. The number of benzene rings is 4. The highest BCUT2D eigenvalue weighted by atomic mass is 16.6. The number of ether oxygens (including phenoxy) is 4. The van der Waals surface area contributed by atoms with E-state index in [1.54, 1.807) is 37.1 Å². The number of aliphatic hydroxyl groups is 2. The van der Waals surface area contributed by atoms with E-state index >= 15 is 0 Å². The van der Waals surface area contributed by atoms with Crippen LogP contribution in [0.15, 0.2) is 109 Å². The van der Waals surface area contributed by atoms with Crippen molar-refractivity contribution >= 4 is 16.6 Å². The number of nitro groups is 1. The van der Waals surface area contributed by atoms with Gasteiger partial charge in [-0.05, 0) is 53.1 Å². The van der Waals surface area contributed by atoms with Gasteiger partial charge in [0.1, 0.15) is 35.4 Å². The molecule has 1 aliphatic heterocycles. The molecule has 1 saturated heterocycles. The van der Waals surface area contributed by atoms with Crippen LogP contribution in [0.5, 0.6) is 11.5 Å². The lowest BCUT2D eigenvalue weighted by Gasteiger charge is -2.37. The number of hydrogen-bond donors (Lipinski definition) is 2. The van der Waals surface area contributed by atoms with Gasteiger partial charge in [0.2, 0.25) is 0 Å². The molecule has 1 unspecified atom stereocenters. The van der Waals surface area contributed by atoms with Crippen LogP contribution in [0.4, 0.5) is 5.69 Å². The average Bonchev–Trinajstić information content (AvgIpc) is 3.61. The van der Waals surface area contributed by atoms with Crippen molar-refractivity contribution in [1.29, 1.82) is 0 Å². The van der Waals surface area contributed by atoms with Gasteiger partial charge in [0, 0.05) is 23.7 Å². The fourth-order valence-electron chi connectivity index (χ4n) is 5.87. The summed E-state index contributed by atoms with van der Waals surface area (Å²) in [5.41, 5.74) is 1.94. The Balaban J connectivity index is 1.37. The van der Waals surface area contributed by atoms with Crippen molar-refractivity contribution < 1.29 is 34.1 Å². The number of methoxy groups -OCH3 is 2. The van der Waals surface area contributed by atoms with Gasteiger partial charge in [-0.25, -0.2) is 0 Å². The lowest BCUT2D eigenvalue weighted by atomic mass is 9.80. The molecular weight excluding hydrogens is 564 g/mol. The van der Waals surface area contributed by atoms with Crippen molar-refractivity contribution in [3.63, 3.8) is 0 Å². The highest BCUT2D eigenvalue weighted by molar-refractivity contribution is 5.82. The van der Waals surface area contributed by atoms with Gasteiger partial charge in [0.05, 0.1) is 31.3 Å². The SMILES string of the molecule is COc1ccc(C(OC[C@H]2O[C@H](n3ccc4cc([N+](=O)[O-])ccc43)[C@@H](O)C2O)(c2ccccc2)c2ccc(OC)cc2)cc1. The zero-order valence-electron chi connectivity index (χ0n) is 24.1. The Kier molecular flexibility index (Phi) is 8.07. The predicted molar refractivity (Wildman–Crippen MR) is 163 cm³/mol. The van der Waals surface area contributed by atoms with Crippen LogP contribution in [0.3, 0.4) is 0 Å². The minimum Gasteiger partial charge on any atom is -0.497 e. The maximum atomic E-state index is 11.2. The second-order valence-electron chi connectivity index (χ2n) is 10.6. The molecule has 0 spiro atoms. The lowest BCUT2D eigenvalue weighted by Crippen LogP contribution is -2.39. The Hall–Kier alpha value is -4.74. The Morgan fingerprint density at radius 3 is 1.98 bits per heavy atom. The van der Waals surface area contributed by atoms with Crippen molar-refractivity contribution in [3.8, 4) is 11.5 Å². The van der Waals surface area contributed by atoms with Crippen LogP contribution in [-0.2, 0) is 15.1 Å².